The molecule has 20 heavy (non-hydrogen) atoms. The molecule has 0 heterocycles. The summed E-state index contributed by atoms with van der Waals surface area (Å²) >= 11 is 0. The monoisotopic (exact) mass is 268 g/mol. The van der Waals surface area contributed by atoms with Gasteiger partial charge in [-0.25, -0.2) is 0 Å². The molecule has 3 heteroatoms. The highest BCUT2D eigenvalue weighted by Gasteiger charge is 1.99. The van der Waals surface area contributed by atoms with Gasteiger partial charge in [0.1, 0.15) is 0 Å². The topological polar surface area (TPSA) is 41.1 Å². The van der Waals surface area contributed by atoms with Crippen LogP contribution in [0.25, 0.3) is 0 Å². The third kappa shape index (κ3) is 3.85. The minimum atomic E-state index is -0.0590. The zero-order valence-corrected chi connectivity index (χ0v) is 12.2. The fraction of sp³-hybridized carbons (Fsp3) is 0.235. The molecule has 0 radical (unpaired) electrons. The highest BCUT2D eigenvalue weighted by molar-refractivity contribution is 5.89. The Morgan fingerprint density at radius 1 is 1.00 bits per heavy atom. The molecule has 0 spiro atoms. The number of anilines is 2. The van der Waals surface area contributed by atoms with Crippen molar-refractivity contribution in [3.8, 4) is 0 Å². The largest absolute Gasteiger partial charge is 0.381 e. The molecular weight excluding hydrogens is 248 g/mol. The average Bonchev–Trinajstić information content (AvgIpc) is 2.40. The number of hydrogen-bond donors (Lipinski definition) is 2. The van der Waals surface area contributed by atoms with Crippen LogP contribution in [-0.4, -0.2) is 5.91 Å². The number of amides is 1. The first-order valence-corrected chi connectivity index (χ1v) is 6.72. The van der Waals surface area contributed by atoms with Crippen molar-refractivity contribution in [2.45, 2.75) is 27.3 Å². The van der Waals surface area contributed by atoms with E-state index in [9.17, 15) is 4.79 Å². The Kier molecular flexibility index (Phi) is 4.41. The van der Waals surface area contributed by atoms with E-state index in [0.29, 0.717) is 0 Å². The number of hydrogen-bond acceptors (Lipinski definition) is 2. The van der Waals surface area contributed by atoms with Crippen LogP contribution in [-0.2, 0) is 11.3 Å². The minimum Gasteiger partial charge on any atom is -0.381 e. The molecule has 0 bridgehead atoms. The second-order valence-corrected chi connectivity index (χ2v) is 5.03. The van der Waals surface area contributed by atoms with Crippen molar-refractivity contribution in [1.29, 1.82) is 0 Å². The molecule has 0 unspecified atom stereocenters. The second-order valence-electron chi connectivity index (χ2n) is 5.03. The van der Waals surface area contributed by atoms with E-state index in [0.717, 1.165) is 17.9 Å². The van der Waals surface area contributed by atoms with Crippen molar-refractivity contribution in [2.75, 3.05) is 10.6 Å². The van der Waals surface area contributed by atoms with Gasteiger partial charge in [0.05, 0.1) is 0 Å². The van der Waals surface area contributed by atoms with E-state index in [2.05, 4.69) is 42.7 Å². The summed E-state index contributed by atoms with van der Waals surface area (Å²) < 4.78 is 0. The molecule has 2 rings (SSSR count). The summed E-state index contributed by atoms with van der Waals surface area (Å²) in [4.78, 5) is 11.0. The van der Waals surface area contributed by atoms with Gasteiger partial charge in [0, 0.05) is 24.8 Å². The minimum absolute atomic E-state index is 0.0590. The lowest BCUT2D eigenvalue weighted by Gasteiger charge is -2.10. The Morgan fingerprint density at radius 3 is 2.45 bits per heavy atom. The predicted octanol–water partition coefficient (Wildman–Crippen LogP) is 3.87. The summed E-state index contributed by atoms with van der Waals surface area (Å²) in [6, 6.07) is 14.2. The first kappa shape index (κ1) is 14.1. The molecule has 0 fully saturated rings. The van der Waals surface area contributed by atoms with Gasteiger partial charge in [-0.3, -0.25) is 4.79 Å². The van der Waals surface area contributed by atoms with Crippen LogP contribution in [0.2, 0.25) is 0 Å². The van der Waals surface area contributed by atoms with Crippen molar-refractivity contribution in [2.24, 2.45) is 0 Å². The van der Waals surface area contributed by atoms with Crippen LogP contribution in [0.4, 0.5) is 11.4 Å². The molecule has 0 saturated heterocycles. The normalized spacial score (nSPS) is 10.2. The standard InChI is InChI=1S/C17H20N2O/c1-12-7-8-15(9-13(12)2)11-18-16-5-4-6-17(10-16)19-14(3)20/h4-10,18H,11H2,1-3H3,(H,19,20). The number of carbonyl (C=O) groups excluding carboxylic acids is 1. The van der Waals surface area contributed by atoms with E-state index in [4.69, 9.17) is 0 Å². The number of nitrogens with one attached hydrogen (secondary N) is 2. The number of rotatable bonds is 4. The van der Waals surface area contributed by atoms with E-state index in [1.807, 2.05) is 24.3 Å². The third-order valence-electron chi connectivity index (χ3n) is 3.25. The maximum Gasteiger partial charge on any atom is 0.221 e. The lowest BCUT2D eigenvalue weighted by atomic mass is 10.1. The summed E-state index contributed by atoms with van der Waals surface area (Å²) in [6.45, 7) is 6.51. The Morgan fingerprint density at radius 2 is 1.75 bits per heavy atom. The molecule has 0 atom stereocenters. The number of benzene rings is 2. The molecule has 0 aliphatic rings. The van der Waals surface area contributed by atoms with Crippen LogP contribution in [0.3, 0.4) is 0 Å². The summed E-state index contributed by atoms with van der Waals surface area (Å²) in [5.41, 5.74) is 5.66. The van der Waals surface area contributed by atoms with Crippen LogP contribution < -0.4 is 10.6 Å². The highest BCUT2D eigenvalue weighted by Crippen LogP contribution is 2.17. The Hall–Kier alpha value is -2.29. The maximum atomic E-state index is 11.0. The van der Waals surface area contributed by atoms with E-state index in [1.54, 1.807) is 0 Å². The molecule has 0 aromatic heterocycles. The van der Waals surface area contributed by atoms with Crippen molar-refractivity contribution in [1.82, 2.24) is 0 Å². The third-order valence-corrected chi connectivity index (χ3v) is 3.25. The summed E-state index contributed by atoms with van der Waals surface area (Å²) in [5.74, 6) is -0.0590. The first-order chi connectivity index (χ1) is 9.54. The second kappa shape index (κ2) is 6.24. The lowest BCUT2D eigenvalue weighted by Crippen LogP contribution is -2.06. The molecule has 2 N–H and O–H groups in total. The molecule has 0 saturated carbocycles. The van der Waals surface area contributed by atoms with Crippen LogP contribution in [0, 0.1) is 13.8 Å². The summed E-state index contributed by atoms with van der Waals surface area (Å²) in [5, 5.41) is 6.15. The van der Waals surface area contributed by atoms with Gasteiger partial charge in [0.2, 0.25) is 5.91 Å². The number of carbonyl (C=O) groups is 1. The molecule has 2 aromatic rings. The highest BCUT2D eigenvalue weighted by atomic mass is 16.1. The van der Waals surface area contributed by atoms with Crippen molar-refractivity contribution in [3.05, 3.63) is 59.2 Å². The molecule has 2 aromatic carbocycles. The van der Waals surface area contributed by atoms with Gasteiger partial charge in [0.15, 0.2) is 0 Å². The molecule has 1 amide bonds. The Bertz CT molecular complexity index is 620. The molecule has 0 aliphatic carbocycles. The van der Waals surface area contributed by atoms with Crippen LogP contribution in [0.15, 0.2) is 42.5 Å². The molecule has 3 nitrogen and oxygen atoms in total. The van der Waals surface area contributed by atoms with Crippen LogP contribution in [0.1, 0.15) is 23.6 Å². The van der Waals surface area contributed by atoms with Gasteiger partial charge in [0.25, 0.3) is 0 Å². The van der Waals surface area contributed by atoms with Gasteiger partial charge in [-0.1, -0.05) is 24.3 Å². The van der Waals surface area contributed by atoms with Gasteiger partial charge in [-0.2, -0.15) is 0 Å². The SMILES string of the molecule is CC(=O)Nc1cccc(NCc2ccc(C)c(C)c2)c1. The van der Waals surface area contributed by atoms with Crippen molar-refractivity contribution in [3.63, 3.8) is 0 Å². The first-order valence-electron chi connectivity index (χ1n) is 6.72. The smallest absolute Gasteiger partial charge is 0.221 e. The maximum absolute atomic E-state index is 11.0. The zero-order chi connectivity index (χ0) is 14.5. The number of aryl methyl sites for hydroxylation is 2. The average molecular weight is 268 g/mol. The van der Waals surface area contributed by atoms with Gasteiger partial charge in [-0.05, 0) is 48.7 Å². The fourth-order valence-corrected chi connectivity index (χ4v) is 2.03. The molecule has 104 valence electrons. The van der Waals surface area contributed by atoms with E-state index >= 15 is 0 Å². The van der Waals surface area contributed by atoms with Crippen molar-refractivity contribution >= 4 is 17.3 Å². The zero-order valence-electron chi connectivity index (χ0n) is 12.2. The molecule has 0 aliphatic heterocycles. The van der Waals surface area contributed by atoms with Gasteiger partial charge < -0.3 is 10.6 Å². The predicted molar refractivity (Wildman–Crippen MR) is 84.0 cm³/mol. The lowest BCUT2D eigenvalue weighted by molar-refractivity contribution is -0.114. The van der Waals surface area contributed by atoms with Crippen LogP contribution in [0.5, 0.6) is 0 Å². The summed E-state index contributed by atoms with van der Waals surface area (Å²) in [6.07, 6.45) is 0. The van der Waals surface area contributed by atoms with E-state index in [-0.39, 0.29) is 5.91 Å². The van der Waals surface area contributed by atoms with E-state index < -0.39 is 0 Å². The fourth-order valence-electron chi connectivity index (χ4n) is 2.03. The van der Waals surface area contributed by atoms with Crippen LogP contribution >= 0.6 is 0 Å². The Labute approximate surface area is 120 Å². The van der Waals surface area contributed by atoms with Gasteiger partial charge in [-0.15, -0.1) is 0 Å². The molecular formula is C17H20N2O. The summed E-state index contributed by atoms with van der Waals surface area (Å²) in [7, 11) is 0. The Balaban J connectivity index is 2.03. The van der Waals surface area contributed by atoms with E-state index in [1.165, 1.54) is 23.6 Å². The van der Waals surface area contributed by atoms with Crippen molar-refractivity contribution < 1.29 is 4.79 Å². The quantitative estimate of drug-likeness (QED) is 0.883. The van der Waals surface area contributed by atoms with Gasteiger partial charge >= 0.3 is 0 Å².